The summed E-state index contributed by atoms with van der Waals surface area (Å²) in [4.78, 5) is 0. The van der Waals surface area contributed by atoms with Gasteiger partial charge in [-0.15, -0.1) is 0 Å². The van der Waals surface area contributed by atoms with Crippen LogP contribution >= 0.6 is 0 Å². The first kappa shape index (κ1) is 12.4. The highest BCUT2D eigenvalue weighted by Gasteiger charge is 2.36. The van der Waals surface area contributed by atoms with Crippen molar-refractivity contribution >= 4 is 0 Å². The Morgan fingerprint density at radius 1 is 1.21 bits per heavy atom. The molecular formula is C16H21N3. The van der Waals surface area contributed by atoms with Crippen molar-refractivity contribution in [2.24, 2.45) is 0 Å². The second-order valence-electron chi connectivity index (χ2n) is 5.81. The molecule has 0 atom stereocenters. The Bertz CT molecular complexity index is 580. The topological polar surface area (TPSA) is 29.9 Å². The predicted octanol–water partition coefficient (Wildman–Crippen LogP) is 3.13. The second-order valence-corrected chi connectivity index (χ2v) is 5.81. The maximum Gasteiger partial charge on any atom is 0.0648 e. The van der Waals surface area contributed by atoms with Gasteiger partial charge in [0, 0.05) is 23.3 Å². The molecule has 3 rings (SSSR count). The van der Waals surface area contributed by atoms with Crippen LogP contribution in [0, 0.1) is 13.8 Å². The molecule has 1 saturated carbocycles. The molecule has 0 bridgehead atoms. The molecule has 19 heavy (non-hydrogen) atoms. The summed E-state index contributed by atoms with van der Waals surface area (Å²) in [5, 5.41) is 8.32. The molecule has 0 amide bonds. The van der Waals surface area contributed by atoms with Gasteiger partial charge in [0.05, 0.1) is 11.4 Å². The first-order chi connectivity index (χ1) is 9.09. The van der Waals surface area contributed by atoms with E-state index in [4.69, 9.17) is 0 Å². The first-order valence-electron chi connectivity index (χ1n) is 6.95. The zero-order valence-electron chi connectivity index (χ0n) is 11.9. The van der Waals surface area contributed by atoms with E-state index in [-0.39, 0.29) is 0 Å². The quantitative estimate of drug-likeness (QED) is 0.909. The summed E-state index contributed by atoms with van der Waals surface area (Å²) < 4.78 is 2.04. The highest BCUT2D eigenvalue weighted by molar-refractivity contribution is 5.37. The van der Waals surface area contributed by atoms with E-state index < -0.39 is 0 Å². The van der Waals surface area contributed by atoms with E-state index >= 15 is 0 Å². The zero-order chi connectivity index (χ0) is 13.5. The molecule has 1 aromatic heterocycles. The fourth-order valence-corrected chi connectivity index (χ4v) is 2.42. The summed E-state index contributed by atoms with van der Waals surface area (Å²) in [5.74, 6) is 0. The van der Waals surface area contributed by atoms with Crippen molar-refractivity contribution in [1.29, 1.82) is 0 Å². The highest BCUT2D eigenvalue weighted by Crippen LogP contribution is 2.34. The fourth-order valence-electron chi connectivity index (χ4n) is 2.42. The van der Waals surface area contributed by atoms with Crippen LogP contribution in [0.3, 0.4) is 0 Å². The third-order valence-corrected chi connectivity index (χ3v) is 4.13. The molecule has 1 heterocycles. The number of aromatic nitrogens is 2. The Morgan fingerprint density at radius 2 is 1.89 bits per heavy atom. The number of nitrogens with one attached hydrogen (secondary N) is 1. The van der Waals surface area contributed by atoms with Crippen molar-refractivity contribution in [3.8, 4) is 5.69 Å². The van der Waals surface area contributed by atoms with Gasteiger partial charge in [-0.1, -0.05) is 18.2 Å². The summed E-state index contributed by atoms with van der Waals surface area (Å²) >= 11 is 0. The lowest BCUT2D eigenvalue weighted by atomic mass is 10.2. The number of hydrogen-bond acceptors (Lipinski definition) is 2. The van der Waals surface area contributed by atoms with E-state index in [9.17, 15) is 0 Å². The summed E-state index contributed by atoms with van der Waals surface area (Å²) in [6.45, 7) is 7.46. The lowest BCUT2D eigenvalue weighted by Crippen LogP contribution is -2.27. The largest absolute Gasteiger partial charge is 0.307 e. The van der Waals surface area contributed by atoms with Gasteiger partial charge in [-0.2, -0.15) is 5.10 Å². The lowest BCUT2D eigenvalue weighted by molar-refractivity contribution is 0.535. The molecule has 0 aliphatic heterocycles. The van der Waals surface area contributed by atoms with Crippen LogP contribution in [0.25, 0.3) is 5.69 Å². The van der Waals surface area contributed by atoms with E-state index in [0.29, 0.717) is 5.54 Å². The van der Waals surface area contributed by atoms with Gasteiger partial charge in [0.2, 0.25) is 0 Å². The van der Waals surface area contributed by atoms with Gasteiger partial charge in [0.15, 0.2) is 0 Å². The summed E-state index contributed by atoms with van der Waals surface area (Å²) in [6, 6.07) is 10.3. The molecular weight excluding hydrogens is 234 g/mol. The van der Waals surface area contributed by atoms with Gasteiger partial charge in [0.25, 0.3) is 0 Å². The van der Waals surface area contributed by atoms with E-state index in [2.05, 4.69) is 55.5 Å². The standard InChI is InChI=1S/C16H21N3/c1-12-15(11-17-16(3)9-10-16)13(2)19(18-12)14-7-5-4-6-8-14/h4-8,17H,9-11H2,1-3H3. The fraction of sp³-hybridized carbons (Fsp3) is 0.438. The van der Waals surface area contributed by atoms with Crippen molar-refractivity contribution in [2.45, 2.75) is 45.7 Å². The van der Waals surface area contributed by atoms with Crippen LogP contribution in [0.5, 0.6) is 0 Å². The molecule has 0 saturated heterocycles. The molecule has 1 fully saturated rings. The minimum atomic E-state index is 0.369. The summed E-state index contributed by atoms with van der Waals surface area (Å²) in [7, 11) is 0. The molecule has 1 N–H and O–H groups in total. The molecule has 0 unspecified atom stereocenters. The van der Waals surface area contributed by atoms with E-state index in [1.165, 1.54) is 24.1 Å². The van der Waals surface area contributed by atoms with Gasteiger partial charge in [-0.25, -0.2) is 4.68 Å². The number of para-hydroxylation sites is 1. The van der Waals surface area contributed by atoms with Crippen molar-refractivity contribution in [2.75, 3.05) is 0 Å². The number of hydrogen-bond donors (Lipinski definition) is 1. The van der Waals surface area contributed by atoms with Gasteiger partial charge in [-0.05, 0) is 45.7 Å². The average molecular weight is 255 g/mol. The van der Waals surface area contributed by atoms with Gasteiger partial charge < -0.3 is 5.32 Å². The Hall–Kier alpha value is -1.61. The molecule has 0 radical (unpaired) electrons. The molecule has 0 spiro atoms. The smallest absolute Gasteiger partial charge is 0.0648 e. The monoisotopic (exact) mass is 255 g/mol. The minimum absolute atomic E-state index is 0.369. The predicted molar refractivity (Wildman–Crippen MR) is 77.5 cm³/mol. The minimum Gasteiger partial charge on any atom is -0.307 e. The van der Waals surface area contributed by atoms with Crippen LogP contribution in [0.1, 0.15) is 36.7 Å². The molecule has 3 heteroatoms. The van der Waals surface area contributed by atoms with Crippen molar-refractivity contribution in [3.05, 3.63) is 47.3 Å². The molecule has 1 aromatic carbocycles. The van der Waals surface area contributed by atoms with Crippen molar-refractivity contribution < 1.29 is 0 Å². The van der Waals surface area contributed by atoms with Crippen LogP contribution in [0.4, 0.5) is 0 Å². The number of nitrogens with zero attached hydrogens (tertiary/aromatic N) is 2. The lowest BCUT2D eigenvalue weighted by Gasteiger charge is -2.11. The van der Waals surface area contributed by atoms with Gasteiger partial charge in [-0.3, -0.25) is 0 Å². The Morgan fingerprint density at radius 3 is 2.53 bits per heavy atom. The van der Waals surface area contributed by atoms with Crippen LogP contribution in [0.2, 0.25) is 0 Å². The summed E-state index contributed by atoms with van der Waals surface area (Å²) in [5.41, 5.74) is 5.19. The normalized spacial score (nSPS) is 16.6. The average Bonchev–Trinajstić information content (AvgIpc) is 3.07. The van der Waals surface area contributed by atoms with Crippen molar-refractivity contribution in [1.82, 2.24) is 15.1 Å². The zero-order valence-corrected chi connectivity index (χ0v) is 11.9. The second kappa shape index (κ2) is 4.49. The maximum atomic E-state index is 4.68. The maximum absolute atomic E-state index is 4.68. The van der Waals surface area contributed by atoms with Crippen molar-refractivity contribution in [3.63, 3.8) is 0 Å². The van der Waals surface area contributed by atoms with Crippen LogP contribution in [0.15, 0.2) is 30.3 Å². The molecule has 1 aliphatic carbocycles. The van der Waals surface area contributed by atoms with Crippen LogP contribution < -0.4 is 5.32 Å². The Balaban J connectivity index is 1.87. The van der Waals surface area contributed by atoms with Gasteiger partial charge in [0.1, 0.15) is 0 Å². The third kappa shape index (κ3) is 2.43. The molecule has 1 aliphatic rings. The number of rotatable bonds is 4. The Kier molecular flexibility index (Phi) is 2.94. The Labute approximate surface area is 114 Å². The molecule has 100 valence electrons. The molecule has 3 nitrogen and oxygen atoms in total. The third-order valence-electron chi connectivity index (χ3n) is 4.13. The van der Waals surface area contributed by atoms with Crippen LogP contribution in [-0.2, 0) is 6.54 Å². The van der Waals surface area contributed by atoms with Gasteiger partial charge >= 0.3 is 0 Å². The first-order valence-corrected chi connectivity index (χ1v) is 6.95. The SMILES string of the molecule is Cc1nn(-c2ccccc2)c(C)c1CNC1(C)CC1. The van der Waals surface area contributed by atoms with E-state index in [0.717, 1.165) is 17.9 Å². The highest BCUT2D eigenvalue weighted by atomic mass is 15.3. The van der Waals surface area contributed by atoms with E-state index in [1.54, 1.807) is 0 Å². The summed E-state index contributed by atoms with van der Waals surface area (Å²) in [6.07, 6.45) is 2.58. The number of benzene rings is 1. The van der Waals surface area contributed by atoms with E-state index in [1.807, 2.05) is 10.7 Å². The molecule has 2 aromatic rings. The van der Waals surface area contributed by atoms with Crippen LogP contribution in [-0.4, -0.2) is 15.3 Å². The number of aryl methyl sites for hydroxylation is 1.